The van der Waals surface area contributed by atoms with E-state index in [2.05, 4.69) is 48.7 Å². The van der Waals surface area contributed by atoms with Crippen molar-refractivity contribution in [1.29, 1.82) is 5.41 Å². The Hall–Kier alpha value is -3.15. The van der Waals surface area contributed by atoms with Gasteiger partial charge in [-0.15, -0.1) is 0 Å². The van der Waals surface area contributed by atoms with E-state index in [1.54, 1.807) is 4.90 Å². The zero-order valence-corrected chi connectivity index (χ0v) is 21.0. The molecular weight excluding hydrogens is 436 g/mol. The molecule has 2 amide bonds. The van der Waals surface area contributed by atoms with E-state index in [9.17, 15) is 9.59 Å². The van der Waals surface area contributed by atoms with Crippen LogP contribution in [0.3, 0.4) is 0 Å². The third kappa shape index (κ3) is 3.11. The summed E-state index contributed by atoms with van der Waals surface area (Å²) in [6.07, 6.45) is 3.87. The summed E-state index contributed by atoms with van der Waals surface area (Å²) in [6, 6.07) is 14.1. The van der Waals surface area contributed by atoms with Crippen LogP contribution in [0.4, 0.5) is 0 Å². The lowest BCUT2D eigenvalue weighted by Gasteiger charge is -2.42. The smallest absolute Gasteiger partial charge is 0.252 e. The number of benzene rings is 2. The van der Waals surface area contributed by atoms with Crippen molar-refractivity contribution in [2.24, 2.45) is 5.41 Å². The van der Waals surface area contributed by atoms with Crippen molar-refractivity contribution in [3.63, 3.8) is 0 Å². The van der Waals surface area contributed by atoms with Crippen molar-refractivity contribution < 1.29 is 9.59 Å². The van der Waals surface area contributed by atoms with E-state index in [-0.39, 0.29) is 46.2 Å². The van der Waals surface area contributed by atoms with Crippen LogP contribution in [-0.2, 0) is 16.8 Å². The molecule has 6 rings (SSSR count). The van der Waals surface area contributed by atoms with E-state index in [1.807, 2.05) is 32.0 Å². The van der Waals surface area contributed by atoms with Gasteiger partial charge in [0.1, 0.15) is 0 Å². The van der Waals surface area contributed by atoms with Crippen molar-refractivity contribution in [3.8, 4) is 0 Å². The minimum Gasteiger partial charge on any atom is -0.350 e. The number of hydrogen-bond acceptors (Lipinski definition) is 3. The first-order valence-electron chi connectivity index (χ1n) is 12.8. The molecule has 0 unspecified atom stereocenters. The average Bonchev–Trinajstić information content (AvgIpc) is 3.13. The number of nitrogens with one attached hydrogen (secondary N) is 3. The van der Waals surface area contributed by atoms with E-state index < -0.39 is 0 Å². The van der Waals surface area contributed by atoms with Gasteiger partial charge in [-0.1, -0.05) is 51.1 Å². The zero-order chi connectivity index (χ0) is 24.8. The van der Waals surface area contributed by atoms with Crippen LogP contribution in [0.1, 0.15) is 97.9 Å². The van der Waals surface area contributed by atoms with Gasteiger partial charge in [-0.2, -0.15) is 0 Å². The van der Waals surface area contributed by atoms with Gasteiger partial charge in [0.2, 0.25) is 5.91 Å². The van der Waals surface area contributed by atoms with Gasteiger partial charge < -0.3 is 10.6 Å². The lowest BCUT2D eigenvalue weighted by Crippen LogP contribution is -2.61. The molecule has 1 heterocycles. The largest absolute Gasteiger partial charge is 0.350 e. The number of carbonyl (C=O) groups is 2. The first-order valence-corrected chi connectivity index (χ1v) is 12.8. The van der Waals surface area contributed by atoms with E-state index in [1.165, 1.54) is 11.1 Å². The van der Waals surface area contributed by atoms with Crippen LogP contribution in [0, 0.1) is 10.8 Å². The second kappa shape index (κ2) is 7.19. The van der Waals surface area contributed by atoms with Gasteiger partial charge >= 0.3 is 0 Å². The molecular formula is C29H34N4O2. The van der Waals surface area contributed by atoms with Crippen LogP contribution in [0.15, 0.2) is 42.5 Å². The quantitative estimate of drug-likeness (QED) is 0.603. The summed E-state index contributed by atoms with van der Waals surface area (Å²) in [5.74, 6) is 0.344. The maximum atomic E-state index is 13.6. The molecule has 1 saturated heterocycles. The average molecular weight is 471 g/mol. The monoisotopic (exact) mass is 470 g/mol. The van der Waals surface area contributed by atoms with E-state index >= 15 is 0 Å². The molecule has 2 aromatic rings. The van der Waals surface area contributed by atoms with Crippen molar-refractivity contribution in [2.75, 3.05) is 0 Å². The Morgan fingerprint density at radius 3 is 2.69 bits per heavy atom. The topological polar surface area (TPSA) is 85.3 Å². The van der Waals surface area contributed by atoms with Gasteiger partial charge in [0.25, 0.3) is 5.91 Å². The summed E-state index contributed by atoms with van der Waals surface area (Å²) in [5.41, 5.74) is 4.77. The molecule has 1 aliphatic heterocycles. The SMILES string of the molecule is CC[C@]1(C)CC(=O)N([C@@H]2C[C@@H](C)c3ccc(C(=O)N[C@@]45C[C@@]4(C)Cc4ccccc45)cc32)C(=N)N1. The Labute approximate surface area is 207 Å². The Morgan fingerprint density at radius 2 is 1.94 bits per heavy atom. The molecule has 0 spiro atoms. The molecule has 1 saturated carbocycles. The molecule has 0 aromatic heterocycles. The summed E-state index contributed by atoms with van der Waals surface area (Å²) in [7, 11) is 0. The van der Waals surface area contributed by atoms with Gasteiger partial charge in [-0.05, 0) is 72.9 Å². The summed E-state index contributed by atoms with van der Waals surface area (Å²) in [6.45, 7) is 8.45. The van der Waals surface area contributed by atoms with Crippen LogP contribution in [0.5, 0.6) is 0 Å². The summed E-state index contributed by atoms with van der Waals surface area (Å²) in [4.78, 5) is 28.4. The summed E-state index contributed by atoms with van der Waals surface area (Å²) in [5, 5.41) is 15.3. The van der Waals surface area contributed by atoms with Crippen LogP contribution < -0.4 is 10.6 Å². The molecule has 0 radical (unpaired) electrons. The second-order valence-corrected chi connectivity index (χ2v) is 11.8. The van der Waals surface area contributed by atoms with Crippen LogP contribution in [0.25, 0.3) is 0 Å². The number of hydrogen-bond donors (Lipinski definition) is 3. The highest BCUT2D eigenvalue weighted by Crippen LogP contribution is 2.69. The van der Waals surface area contributed by atoms with Crippen molar-refractivity contribution in [2.45, 2.75) is 82.8 Å². The van der Waals surface area contributed by atoms with Gasteiger partial charge in [-0.3, -0.25) is 19.9 Å². The van der Waals surface area contributed by atoms with Gasteiger partial charge in [0.15, 0.2) is 5.96 Å². The molecule has 3 aliphatic carbocycles. The van der Waals surface area contributed by atoms with E-state index in [4.69, 9.17) is 5.41 Å². The Morgan fingerprint density at radius 1 is 1.17 bits per heavy atom. The molecule has 2 aromatic carbocycles. The second-order valence-electron chi connectivity index (χ2n) is 11.8. The molecule has 3 N–H and O–H groups in total. The molecule has 0 bridgehead atoms. The van der Waals surface area contributed by atoms with Crippen molar-refractivity contribution in [3.05, 3.63) is 70.3 Å². The highest BCUT2D eigenvalue weighted by molar-refractivity contribution is 6.00. The van der Waals surface area contributed by atoms with Gasteiger partial charge in [0.05, 0.1) is 18.0 Å². The first-order chi connectivity index (χ1) is 16.6. The molecule has 6 nitrogen and oxygen atoms in total. The fraction of sp³-hybridized carbons (Fsp3) is 0.483. The maximum Gasteiger partial charge on any atom is 0.252 e. The molecule has 2 fully saturated rings. The Bertz CT molecular complexity index is 1270. The van der Waals surface area contributed by atoms with E-state index in [0.29, 0.717) is 12.0 Å². The number of carbonyl (C=O) groups excluding carboxylic acids is 2. The molecule has 35 heavy (non-hydrogen) atoms. The first kappa shape index (κ1) is 22.3. The van der Waals surface area contributed by atoms with Crippen LogP contribution in [0.2, 0.25) is 0 Å². The predicted molar refractivity (Wildman–Crippen MR) is 135 cm³/mol. The highest BCUT2D eigenvalue weighted by Gasteiger charge is 2.70. The molecule has 4 aliphatic rings. The summed E-state index contributed by atoms with van der Waals surface area (Å²) >= 11 is 0. The summed E-state index contributed by atoms with van der Waals surface area (Å²) < 4.78 is 0. The minimum absolute atomic E-state index is 0.0202. The Balaban J connectivity index is 1.29. The predicted octanol–water partition coefficient (Wildman–Crippen LogP) is 4.75. The molecule has 5 atom stereocenters. The third-order valence-corrected chi connectivity index (χ3v) is 9.32. The number of rotatable bonds is 4. The maximum absolute atomic E-state index is 13.6. The standard InChI is InChI=1S/C29H34N4O2/c1-5-28(4)15-24(34)33(26(30)32-28)23-12-17(2)20-11-10-18(13-21(20)23)25(35)31-29-16-27(29,3)14-19-8-6-7-9-22(19)29/h6-11,13,17,23H,5,12,14-16H2,1-4H3,(H2,30,32)(H,31,35)/t17-,23-,27-,28-,29-/m1/s1. The number of amides is 2. The van der Waals surface area contributed by atoms with Gasteiger partial charge in [-0.25, -0.2) is 0 Å². The lowest BCUT2D eigenvalue weighted by molar-refractivity contribution is -0.132. The highest BCUT2D eigenvalue weighted by atomic mass is 16.2. The fourth-order valence-electron chi connectivity index (χ4n) is 6.98. The van der Waals surface area contributed by atoms with Crippen LogP contribution in [-0.4, -0.2) is 28.2 Å². The molecule has 6 heteroatoms. The zero-order valence-electron chi connectivity index (χ0n) is 21.0. The normalized spacial score (nSPS) is 34.7. The number of guanidine groups is 1. The van der Waals surface area contributed by atoms with Crippen molar-refractivity contribution in [1.82, 2.24) is 15.5 Å². The third-order valence-electron chi connectivity index (χ3n) is 9.32. The minimum atomic E-state index is -0.382. The lowest BCUT2D eigenvalue weighted by atomic mass is 9.91. The fourth-order valence-corrected chi connectivity index (χ4v) is 6.98. The van der Waals surface area contributed by atoms with Gasteiger partial charge in [0, 0.05) is 16.5 Å². The Kier molecular flexibility index (Phi) is 4.58. The number of fused-ring (bicyclic) bond motifs is 4. The number of nitrogens with zero attached hydrogens (tertiary/aromatic N) is 1. The van der Waals surface area contributed by atoms with Crippen molar-refractivity contribution >= 4 is 17.8 Å². The van der Waals surface area contributed by atoms with E-state index in [0.717, 1.165) is 36.8 Å². The van der Waals surface area contributed by atoms with Crippen LogP contribution >= 0.6 is 0 Å². The molecule has 182 valence electrons.